The minimum atomic E-state index is 0.364. The highest BCUT2D eigenvalue weighted by molar-refractivity contribution is 5.13. The van der Waals surface area contributed by atoms with Crippen molar-refractivity contribution >= 4 is 0 Å². The Bertz CT molecular complexity index is 341. The topological polar surface area (TPSA) is 42.1 Å². The fourth-order valence-corrected chi connectivity index (χ4v) is 3.22. The maximum atomic E-state index is 6.35. The van der Waals surface area contributed by atoms with Gasteiger partial charge in [0.15, 0.2) is 0 Å². The first-order valence-electron chi connectivity index (χ1n) is 6.23. The van der Waals surface area contributed by atoms with Gasteiger partial charge in [-0.1, -0.05) is 6.07 Å². The van der Waals surface area contributed by atoms with Gasteiger partial charge in [-0.25, -0.2) is 0 Å². The molecule has 1 aromatic heterocycles. The number of pyridine rings is 1. The first-order valence-corrected chi connectivity index (χ1v) is 6.23. The SMILES string of the molecule is NC1C2CCN(CC2)[C@@H]1Cc1cccnc1. The van der Waals surface area contributed by atoms with Crippen LogP contribution in [-0.2, 0) is 6.42 Å². The lowest BCUT2D eigenvalue weighted by molar-refractivity contribution is 0.0287. The van der Waals surface area contributed by atoms with E-state index in [0.717, 1.165) is 12.3 Å². The average Bonchev–Trinajstić information content (AvgIpc) is 2.36. The van der Waals surface area contributed by atoms with Gasteiger partial charge in [-0.15, -0.1) is 0 Å². The zero-order valence-corrected chi connectivity index (χ0v) is 9.55. The maximum absolute atomic E-state index is 6.35. The summed E-state index contributed by atoms with van der Waals surface area (Å²) in [6.07, 6.45) is 7.45. The van der Waals surface area contributed by atoms with Crippen LogP contribution in [0.15, 0.2) is 24.5 Å². The van der Waals surface area contributed by atoms with Crippen molar-refractivity contribution in [1.82, 2.24) is 9.88 Å². The normalized spacial score (nSPS) is 37.6. The van der Waals surface area contributed by atoms with Crippen molar-refractivity contribution in [2.24, 2.45) is 11.7 Å². The molecule has 16 heavy (non-hydrogen) atoms. The van der Waals surface area contributed by atoms with Crippen molar-refractivity contribution in [3.63, 3.8) is 0 Å². The summed E-state index contributed by atoms with van der Waals surface area (Å²) in [5.41, 5.74) is 7.67. The molecule has 0 radical (unpaired) electrons. The summed E-state index contributed by atoms with van der Waals surface area (Å²) < 4.78 is 0. The van der Waals surface area contributed by atoms with E-state index in [1.54, 1.807) is 0 Å². The lowest BCUT2D eigenvalue weighted by atomic mass is 9.77. The van der Waals surface area contributed by atoms with E-state index in [9.17, 15) is 0 Å². The number of fused-ring (bicyclic) bond motifs is 3. The number of piperidine rings is 3. The molecule has 3 aliphatic rings. The van der Waals surface area contributed by atoms with Crippen LogP contribution in [0.2, 0.25) is 0 Å². The van der Waals surface area contributed by atoms with Gasteiger partial charge in [-0.3, -0.25) is 9.88 Å². The number of aromatic nitrogens is 1. The third kappa shape index (κ3) is 1.74. The first-order chi connectivity index (χ1) is 7.84. The standard InChI is InChI=1S/C13H19N3/c14-13-11-3-6-16(7-4-11)12(13)8-10-2-1-5-15-9-10/h1-2,5,9,11-13H,3-4,6-8,14H2/t12-,13?/m1/s1. The van der Waals surface area contributed by atoms with Crippen molar-refractivity contribution < 1.29 is 0 Å². The van der Waals surface area contributed by atoms with E-state index in [-0.39, 0.29) is 0 Å². The first kappa shape index (κ1) is 10.2. The maximum Gasteiger partial charge on any atom is 0.0300 e. The lowest BCUT2D eigenvalue weighted by Crippen LogP contribution is -2.61. The number of nitrogens with zero attached hydrogens (tertiary/aromatic N) is 2. The second-order valence-corrected chi connectivity index (χ2v) is 5.08. The molecule has 1 unspecified atom stereocenters. The summed E-state index contributed by atoms with van der Waals surface area (Å²) >= 11 is 0. The van der Waals surface area contributed by atoms with Gasteiger partial charge in [0.2, 0.25) is 0 Å². The molecular weight excluding hydrogens is 198 g/mol. The number of hydrogen-bond donors (Lipinski definition) is 1. The van der Waals surface area contributed by atoms with Crippen molar-refractivity contribution in [3.05, 3.63) is 30.1 Å². The monoisotopic (exact) mass is 217 g/mol. The van der Waals surface area contributed by atoms with Crippen molar-refractivity contribution in [2.45, 2.75) is 31.3 Å². The molecule has 4 heterocycles. The molecule has 3 heteroatoms. The quantitative estimate of drug-likeness (QED) is 0.805. The Morgan fingerprint density at radius 2 is 2.19 bits per heavy atom. The largest absolute Gasteiger partial charge is 0.326 e. The number of hydrogen-bond acceptors (Lipinski definition) is 3. The van der Waals surface area contributed by atoms with E-state index in [4.69, 9.17) is 5.73 Å². The van der Waals surface area contributed by atoms with Gasteiger partial charge in [0.05, 0.1) is 0 Å². The highest BCUT2D eigenvalue weighted by atomic mass is 15.2. The summed E-state index contributed by atoms with van der Waals surface area (Å²) in [6, 6.07) is 5.07. The van der Waals surface area contributed by atoms with Gasteiger partial charge in [-0.05, 0) is 49.9 Å². The van der Waals surface area contributed by atoms with Crippen molar-refractivity contribution in [2.75, 3.05) is 13.1 Å². The third-order valence-electron chi connectivity index (χ3n) is 4.20. The molecular formula is C13H19N3. The molecule has 0 spiro atoms. The van der Waals surface area contributed by atoms with E-state index in [1.807, 2.05) is 18.5 Å². The van der Waals surface area contributed by atoms with Crippen LogP contribution in [0.3, 0.4) is 0 Å². The van der Waals surface area contributed by atoms with Gasteiger partial charge < -0.3 is 5.73 Å². The van der Waals surface area contributed by atoms with E-state index in [0.29, 0.717) is 12.1 Å². The van der Waals surface area contributed by atoms with Crippen LogP contribution in [-0.4, -0.2) is 35.1 Å². The average molecular weight is 217 g/mol. The molecule has 3 aliphatic heterocycles. The summed E-state index contributed by atoms with van der Waals surface area (Å²) in [5.74, 6) is 0.756. The molecule has 0 saturated carbocycles. The summed E-state index contributed by atoms with van der Waals surface area (Å²) in [6.45, 7) is 2.48. The molecule has 0 aliphatic carbocycles. The molecule has 2 atom stereocenters. The molecule has 1 aromatic rings. The van der Waals surface area contributed by atoms with E-state index < -0.39 is 0 Å². The predicted molar refractivity (Wildman–Crippen MR) is 64.0 cm³/mol. The predicted octanol–water partition coefficient (Wildman–Crippen LogP) is 1.05. The Labute approximate surface area is 96.7 Å². The zero-order chi connectivity index (χ0) is 11.0. The van der Waals surface area contributed by atoms with Gasteiger partial charge in [0, 0.05) is 24.5 Å². The Kier molecular flexibility index (Phi) is 2.65. The molecule has 2 bridgehead atoms. The molecule has 3 nitrogen and oxygen atoms in total. The molecule has 4 rings (SSSR count). The smallest absolute Gasteiger partial charge is 0.0300 e. The van der Waals surface area contributed by atoms with Crippen molar-refractivity contribution in [1.29, 1.82) is 0 Å². The highest BCUT2D eigenvalue weighted by Gasteiger charge is 2.39. The molecule has 3 saturated heterocycles. The van der Waals surface area contributed by atoms with E-state index in [2.05, 4.69) is 16.0 Å². The van der Waals surface area contributed by atoms with Crippen LogP contribution < -0.4 is 5.73 Å². The lowest BCUT2D eigenvalue weighted by Gasteiger charge is -2.49. The van der Waals surface area contributed by atoms with E-state index >= 15 is 0 Å². The zero-order valence-electron chi connectivity index (χ0n) is 9.55. The van der Waals surface area contributed by atoms with Gasteiger partial charge in [-0.2, -0.15) is 0 Å². The fraction of sp³-hybridized carbons (Fsp3) is 0.615. The Hall–Kier alpha value is -0.930. The number of rotatable bonds is 2. The second kappa shape index (κ2) is 4.15. The summed E-state index contributed by atoms with van der Waals surface area (Å²) in [4.78, 5) is 6.75. The van der Waals surface area contributed by atoms with Crippen LogP contribution in [0.5, 0.6) is 0 Å². The van der Waals surface area contributed by atoms with Crippen LogP contribution in [0, 0.1) is 5.92 Å². The van der Waals surface area contributed by atoms with Crippen LogP contribution in [0.1, 0.15) is 18.4 Å². The molecule has 3 fully saturated rings. The summed E-state index contributed by atoms with van der Waals surface area (Å²) in [5, 5.41) is 0. The second-order valence-electron chi connectivity index (χ2n) is 5.08. The van der Waals surface area contributed by atoms with Crippen LogP contribution in [0.25, 0.3) is 0 Å². The van der Waals surface area contributed by atoms with Crippen LogP contribution >= 0.6 is 0 Å². The molecule has 0 amide bonds. The molecule has 0 aromatic carbocycles. The Balaban J connectivity index is 1.75. The van der Waals surface area contributed by atoms with Crippen molar-refractivity contribution in [3.8, 4) is 0 Å². The van der Waals surface area contributed by atoms with Gasteiger partial charge in [0.1, 0.15) is 0 Å². The summed E-state index contributed by atoms with van der Waals surface area (Å²) in [7, 11) is 0. The number of nitrogens with two attached hydrogens (primary N) is 1. The highest BCUT2D eigenvalue weighted by Crippen LogP contribution is 2.32. The van der Waals surface area contributed by atoms with Gasteiger partial charge in [0.25, 0.3) is 0 Å². The van der Waals surface area contributed by atoms with E-state index in [1.165, 1.54) is 31.5 Å². The fourth-order valence-electron chi connectivity index (χ4n) is 3.22. The minimum absolute atomic E-state index is 0.364. The van der Waals surface area contributed by atoms with Gasteiger partial charge >= 0.3 is 0 Å². The minimum Gasteiger partial charge on any atom is -0.326 e. The Morgan fingerprint density at radius 1 is 1.38 bits per heavy atom. The van der Waals surface area contributed by atoms with Crippen LogP contribution in [0.4, 0.5) is 0 Å². The molecule has 2 N–H and O–H groups in total. The Morgan fingerprint density at radius 3 is 2.81 bits per heavy atom. The third-order valence-corrected chi connectivity index (χ3v) is 4.20. The molecule has 86 valence electrons.